The van der Waals surface area contributed by atoms with Crippen molar-refractivity contribution in [1.29, 1.82) is 0 Å². The number of nitrogens with one attached hydrogen (secondary N) is 2. The van der Waals surface area contributed by atoms with Gasteiger partial charge in [0.15, 0.2) is 0 Å². The summed E-state index contributed by atoms with van der Waals surface area (Å²) in [5.74, 6) is -1.07. The fourth-order valence-corrected chi connectivity index (χ4v) is 0.872. The van der Waals surface area contributed by atoms with Gasteiger partial charge in [-0.25, -0.2) is 13.6 Å². The summed E-state index contributed by atoms with van der Waals surface area (Å²) in [6, 6.07) is -0.785. The molecule has 0 aromatic rings. The standard InChI is InChI=1S/C8H14F2N2O4/c1-16-5(2-7(13)14)3-11-8(15)12-4-6(9)10/h5-6H,2-4H2,1H3,(H,13,14)(H2,11,12,15). The highest BCUT2D eigenvalue weighted by Gasteiger charge is 2.13. The quantitative estimate of drug-likeness (QED) is 0.586. The van der Waals surface area contributed by atoms with E-state index in [9.17, 15) is 18.4 Å². The number of amides is 2. The number of carbonyl (C=O) groups excluding carboxylic acids is 1. The van der Waals surface area contributed by atoms with Crippen LogP contribution in [0.2, 0.25) is 0 Å². The number of aliphatic carboxylic acids is 1. The molecule has 0 spiro atoms. The van der Waals surface area contributed by atoms with E-state index in [0.717, 1.165) is 0 Å². The molecule has 0 heterocycles. The molecule has 0 saturated carbocycles. The van der Waals surface area contributed by atoms with Crippen molar-refractivity contribution < 1.29 is 28.2 Å². The summed E-state index contributed by atoms with van der Waals surface area (Å²) in [5.41, 5.74) is 0. The third kappa shape index (κ3) is 7.92. The number of urea groups is 1. The van der Waals surface area contributed by atoms with Gasteiger partial charge < -0.3 is 20.5 Å². The van der Waals surface area contributed by atoms with Gasteiger partial charge in [0.05, 0.1) is 19.1 Å². The molecule has 0 aromatic heterocycles. The van der Waals surface area contributed by atoms with Crippen LogP contribution in [-0.4, -0.2) is 49.8 Å². The third-order valence-corrected chi connectivity index (χ3v) is 1.64. The lowest BCUT2D eigenvalue weighted by Gasteiger charge is -2.14. The lowest BCUT2D eigenvalue weighted by atomic mass is 10.2. The molecule has 1 atom stereocenters. The Kier molecular flexibility index (Phi) is 7.10. The number of alkyl halides is 2. The Morgan fingerprint density at radius 3 is 2.31 bits per heavy atom. The van der Waals surface area contributed by atoms with Gasteiger partial charge in [0, 0.05) is 13.7 Å². The molecule has 6 nitrogen and oxygen atoms in total. The van der Waals surface area contributed by atoms with E-state index in [4.69, 9.17) is 9.84 Å². The number of hydrogen-bond donors (Lipinski definition) is 3. The second-order valence-electron chi connectivity index (χ2n) is 2.94. The predicted molar refractivity (Wildman–Crippen MR) is 50.5 cm³/mol. The van der Waals surface area contributed by atoms with E-state index < -0.39 is 31.1 Å². The van der Waals surface area contributed by atoms with Gasteiger partial charge in [-0.15, -0.1) is 0 Å². The van der Waals surface area contributed by atoms with Crippen LogP contribution in [0.4, 0.5) is 13.6 Å². The highest BCUT2D eigenvalue weighted by atomic mass is 19.3. The van der Waals surface area contributed by atoms with Crippen LogP contribution in [-0.2, 0) is 9.53 Å². The molecule has 1 unspecified atom stereocenters. The van der Waals surface area contributed by atoms with Gasteiger partial charge in [-0.3, -0.25) is 4.79 Å². The zero-order valence-corrected chi connectivity index (χ0v) is 8.70. The lowest BCUT2D eigenvalue weighted by molar-refractivity contribution is -0.139. The first kappa shape index (κ1) is 14.6. The summed E-state index contributed by atoms with van der Waals surface area (Å²) in [4.78, 5) is 21.2. The number of carboxylic acid groups (broad SMARTS) is 1. The van der Waals surface area contributed by atoms with Crippen molar-refractivity contribution >= 4 is 12.0 Å². The number of methoxy groups -OCH3 is 1. The molecule has 0 bridgehead atoms. The van der Waals surface area contributed by atoms with Crippen LogP contribution in [0.3, 0.4) is 0 Å². The summed E-state index contributed by atoms with van der Waals surface area (Å²) in [6.07, 6.45) is -3.58. The number of rotatable bonds is 7. The summed E-state index contributed by atoms with van der Waals surface area (Å²) in [7, 11) is 1.30. The fraction of sp³-hybridized carbons (Fsp3) is 0.750. The molecular formula is C8H14F2N2O4. The molecule has 0 fully saturated rings. The summed E-state index contributed by atoms with van der Waals surface area (Å²) < 4.78 is 28.1. The molecule has 0 aliphatic carbocycles. The second-order valence-corrected chi connectivity index (χ2v) is 2.94. The highest BCUT2D eigenvalue weighted by molar-refractivity contribution is 5.74. The molecule has 2 amide bonds. The first-order chi connectivity index (χ1) is 7.45. The van der Waals surface area contributed by atoms with Crippen LogP contribution in [0.15, 0.2) is 0 Å². The Morgan fingerprint density at radius 2 is 1.88 bits per heavy atom. The molecule has 8 heteroatoms. The molecule has 0 radical (unpaired) electrons. The minimum absolute atomic E-state index is 0.0577. The topological polar surface area (TPSA) is 87.7 Å². The number of hydrogen-bond acceptors (Lipinski definition) is 3. The third-order valence-electron chi connectivity index (χ3n) is 1.64. The maximum Gasteiger partial charge on any atom is 0.315 e. The molecule has 0 rings (SSSR count). The first-order valence-electron chi connectivity index (χ1n) is 4.50. The molecule has 3 N–H and O–H groups in total. The monoisotopic (exact) mass is 240 g/mol. The van der Waals surface area contributed by atoms with E-state index in [1.807, 2.05) is 5.32 Å². The van der Waals surface area contributed by atoms with E-state index in [2.05, 4.69) is 5.32 Å². The molecule has 0 aliphatic heterocycles. The number of halogens is 2. The van der Waals surface area contributed by atoms with Gasteiger partial charge in [0.1, 0.15) is 0 Å². The van der Waals surface area contributed by atoms with Crippen molar-refractivity contribution in [3.05, 3.63) is 0 Å². The maximum atomic E-state index is 11.7. The van der Waals surface area contributed by atoms with E-state index in [-0.39, 0.29) is 13.0 Å². The van der Waals surface area contributed by atoms with Crippen LogP contribution in [0.5, 0.6) is 0 Å². The molecule has 0 aromatic carbocycles. The summed E-state index contributed by atoms with van der Waals surface area (Å²) in [5, 5.41) is 12.6. The van der Waals surface area contributed by atoms with Crippen molar-refractivity contribution in [2.75, 3.05) is 20.2 Å². The van der Waals surface area contributed by atoms with Crippen molar-refractivity contribution in [3.8, 4) is 0 Å². The fourth-order valence-electron chi connectivity index (χ4n) is 0.872. The Labute approximate surface area is 91.0 Å². The molecule has 16 heavy (non-hydrogen) atoms. The average Bonchev–Trinajstić information content (AvgIpc) is 2.20. The zero-order valence-electron chi connectivity index (χ0n) is 8.70. The molecular weight excluding hydrogens is 226 g/mol. The Hall–Kier alpha value is -1.44. The average molecular weight is 240 g/mol. The van der Waals surface area contributed by atoms with Crippen molar-refractivity contribution in [3.63, 3.8) is 0 Å². The Morgan fingerprint density at radius 1 is 1.31 bits per heavy atom. The summed E-state index contributed by atoms with van der Waals surface area (Å²) >= 11 is 0. The lowest BCUT2D eigenvalue weighted by Crippen LogP contribution is -2.42. The highest BCUT2D eigenvalue weighted by Crippen LogP contribution is 1.95. The minimum Gasteiger partial charge on any atom is -0.481 e. The van der Waals surface area contributed by atoms with Gasteiger partial charge in [-0.1, -0.05) is 0 Å². The Bertz CT molecular complexity index is 238. The van der Waals surface area contributed by atoms with Crippen molar-refractivity contribution in [1.82, 2.24) is 10.6 Å². The molecule has 0 aliphatic rings. The minimum atomic E-state index is -2.62. The van der Waals surface area contributed by atoms with Crippen LogP contribution in [0, 0.1) is 0 Å². The predicted octanol–water partition coefficient (Wildman–Crippen LogP) is 0.0404. The van der Waals surface area contributed by atoms with E-state index in [1.165, 1.54) is 7.11 Å². The van der Waals surface area contributed by atoms with Crippen LogP contribution in [0.1, 0.15) is 6.42 Å². The molecule has 0 saturated heterocycles. The van der Waals surface area contributed by atoms with Gasteiger partial charge in [-0.05, 0) is 0 Å². The number of carbonyl (C=O) groups is 2. The SMILES string of the molecule is COC(CNC(=O)NCC(F)F)CC(=O)O. The number of ether oxygens (including phenoxy) is 1. The first-order valence-corrected chi connectivity index (χ1v) is 4.50. The van der Waals surface area contributed by atoms with Crippen LogP contribution < -0.4 is 10.6 Å². The van der Waals surface area contributed by atoms with Crippen LogP contribution in [0.25, 0.3) is 0 Å². The zero-order chi connectivity index (χ0) is 12.6. The smallest absolute Gasteiger partial charge is 0.315 e. The van der Waals surface area contributed by atoms with E-state index >= 15 is 0 Å². The van der Waals surface area contributed by atoms with Gasteiger partial charge in [-0.2, -0.15) is 0 Å². The normalized spacial score (nSPS) is 12.2. The second kappa shape index (κ2) is 7.80. The van der Waals surface area contributed by atoms with E-state index in [0.29, 0.717) is 0 Å². The maximum absolute atomic E-state index is 11.7. The number of carboxylic acids is 1. The molecule has 94 valence electrons. The summed E-state index contributed by atoms with van der Waals surface area (Å²) in [6.45, 7) is -0.805. The largest absolute Gasteiger partial charge is 0.481 e. The van der Waals surface area contributed by atoms with Crippen molar-refractivity contribution in [2.45, 2.75) is 19.0 Å². The van der Waals surface area contributed by atoms with Gasteiger partial charge >= 0.3 is 12.0 Å². The van der Waals surface area contributed by atoms with Crippen molar-refractivity contribution in [2.24, 2.45) is 0 Å². The van der Waals surface area contributed by atoms with Gasteiger partial charge in [0.2, 0.25) is 0 Å². The van der Waals surface area contributed by atoms with E-state index in [1.54, 1.807) is 0 Å². The Balaban J connectivity index is 3.75. The van der Waals surface area contributed by atoms with Crippen LogP contribution >= 0.6 is 0 Å². The van der Waals surface area contributed by atoms with Gasteiger partial charge in [0.25, 0.3) is 6.43 Å².